The van der Waals surface area contributed by atoms with Gasteiger partial charge in [0.2, 0.25) is 0 Å². The molecule has 1 N–H and O–H groups in total. The van der Waals surface area contributed by atoms with Crippen LogP contribution < -0.4 is 4.74 Å². The minimum absolute atomic E-state index is 0.142. The molecule has 0 aliphatic rings. The van der Waals surface area contributed by atoms with Crippen molar-refractivity contribution in [3.05, 3.63) is 36.2 Å². The zero-order chi connectivity index (χ0) is 9.84. The van der Waals surface area contributed by atoms with Crippen LogP contribution in [-0.4, -0.2) is 11.7 Å². The Balaban J connectivity index is 2.77. The van der Waals surface area contributed by atoms with Crippen molar-refractivity contribution in [3.63, 3.8) is 0 Å². The summed E-state index contributed by atoms with van der Waals surface area (Å²) in [6, 6.07) is 4.15. The second-order valence-corrected chi connectivity index (χ2v) is 2.83. The van der Waals surface area contributed by atoms with E-state index < -0.39 is 11.6 Å². The monoisotopic (exact) mass is 182 g/mol. The van der Waals surface area contributed by atoms with E-state index in [2.05, 4.69) is 6.58 Å². The molecule has 0 atom stereocenters. The molecule has 0 aromatic heterocycles. The lowest BCUT2D eigenvalue weighted by molar-refractivity contribution is 0.319. The lowest BCUT2D eigenvalue weighted by atomic mass is 10.3. The normalized spacial score (nSPS) is 9.69. The Morgan fingerprint density at radius 3 is 2.92 bits per heavy atom. The highest BCUT2D eigenvalue weighted by molar-refractivity contribution is 5.39. The number of phenols is 1. The summed E-state index contributed by atoms with van der Waals surface area (Å²) in [6.07, 6.45) is 0. The number of aromatic hydroxyl groups is 1. The number of hydrogen-bond donors (Lipinski definition) is 1. The van der Waals surface area contributed by atoms with Crippen LogP contribution >= 0.6 is 0 Å². The molecule has 0 fully saturated rings. The maximum absolute atomic E-state index is 12.8. The van der Waals surface area contributed by atoms with Crippen LogP contribution in [0.25, 0.3) is 0 Å². The molecule has 0 radical (unpaired) electrons. The Hall–Kier alpha value is -1.51. The average Bonchev–Trinajstić information content (AvgIpc) is 2.07. The van der Waals surface area contributed by atoms with Crippen molar-refractivity contribution in [3.8, 4) is 11.5 Å². The lowest BCUT2D eigenvalue weighted by Crippen LogP contribution is -1.98. The first kappa shape index (κ1) is 9.58. The zero-order valence-corrected chi connectivity index (χ0v) is 7.38. The van der Waals surface area contributed by atoms with Crippen molar-refractivity contribution < 1.29 is 14.2 Å². The second kappa shape index (κ2) is 3.94. The highest BCUT2D eigenvalue weighted by Crippen LogP contribution is 2.28. The Morgan fingerprint density at radius 1 is 1.62 bits per heavy atom. The largest absolute Gasteiger partial charge is 0.502 e. The van der Waals surface area contributed by atoms with E-state index in [-0.39, 0.29) is 12.4 Å². The number of halogens is 1. The van der Waals surface area contributed by atoms with E-state index in [4.69, 9.17) is 4.74 Å². The molecule has 0 unspecified atom stereocenters. The lowest BCUT2D eigenvalue weighted by Gasteiger charge is -2.07. The summed E-state index contributed by atoms with van der Waals surface area (Å²) >= 11 is 0. The van der Waals surface area contributed by atoms with Crippen molar-refractivity contribution in [1.29, 1.82) is 0 Å². The van der Waals surface area contributed by atoms with Crippen molar-refractivity contribution in [2.24, 2.45) is 0 Å². The molecule has 1 aromatic rings. The van der Waals surface area contributed by atoms with E-state index in [1.165, 1.54) is 18.2 Å². The Morgan fingerprint density at radius 2 is 2.31 bits per heavy atom. The van der Waals surface area contributed by atoms with E-state index in [1.54, 1.807) is 6.92 Å². The van der Waals surface area contributed by atoms with E-state index in [1.807, 2.05) is 0 Å². The Kier molecular flexibility index (Phi) is 2.90. The van der Waals surface area contributed by atoms with Gasteiger partial charge in [0.1, 0.15) is 6.61 Å². The first-order valence-corrected chi connectivity index (χ1v) is 3.86. The minimum atomic E-state index is -0.681. The Labute approximate surface area is 76.3 Å². The van der Waals surface area contributed by atoms with Crippen LogP contribution in [0.2, 0.25) is 0 Å². The van der Waals surface area contributed by atoms with Gasteiger partial charge in [-0.1, -0.05) is 12.6 Å². The maximum atomic E-state index is 12.8. The van der Waals surface area contributed by atoms with Crippen LogP contribution in [0.5, 0.6) is 11.5 Å². The second-order valence-electron chi connectivity index (χ2n) is 2.83. The van der Waals surface area contributed by atoms with Crippen molar-refractivity contribution in [1.82, 2.24) is 0 Å². The van der Waals surface area contributed by atoms with Crippen molar-refractivity contribution in [2.75, 3.05) is 6.61 Å². The minimum Gasteiger partial charge on any atom is -0.502 e. The molecule has 0 spiro atoms. The van der Waals surface area contributed by atoms with Crippen molar-refractivity contribution in [2.45, 2.75) is 6.92 Å². The summed E-state index contributed by atoms with van der Waals surface area (Å²) in [5.74, 6) is -0.994. The standard InChI is InChI=1S/C10H11FO2/c1-7(2)6-13-9-5-3-4-8(11)10(9)12/h3-5,12H,1,6H2,2H3. The topological polar surface area (TPSA) is 29.5 Å². The van der Waals surface area contributed by atoms with Gasteiger partial charge in [0.15, 0.2) is 17.3 Å². The molecule has 1 rings (SSSR count). The van der Waals surface area contributed by atoms with Gasteiger partial charge in [-0.15, -0.1) is 0 Å². The fourth-order valence-corrected chi connectivity index (χ4v) is 0.813. The zero-order valence-electron chi connectivity index (χ0n) is 7.38. The van der Waals surface area contributed by atoms with Crippen LogP contribution in [0.1, 0.15) is 6.92 Å². The van der Waals surface area contributed by atoms with E-state index >= 15 is 0 Å². The van der Waals surface area contributed by atoms with Gasteiger partial charge < -0.3 is 9.84 Å². The van der Waals surface area contributed by atoms with Gasteiger partial charge in [0, 0.05) is 0 Å². The molecular formula is C10H11FO2. The maximum Gasteiger partial charge on any atom is 0.194 e. The number of rotatable bonds is 3. The molecule has 0 bridgehead atoms. The summed E-state index contributed by atoms with van der Waals surface area (Å²) in [7, 11) is 0. The van der Waals surface area contributed by atoms with Gasteiger partial charge in [-0.3, -0.25) is 0 Å². The third-order valence-corrected chi connectivity index (χ3v) is 1.42. The highest BCUT2D eigenvalue weighted by atomic mass is 19.1. The van der Waals surface area contributed by atoms with E-state index in [0.29, 0.717) is 0 Å². The summed E-state index contributed by atoms with van der Waals surface area (Å²) in [5, 5.41) is 9.18. The summed E-state index contributed by atoms with van der Waals surface area (Å²) in [5.41, 5.74) is 0.809. The number of benzene rings is 1. The van der Waals surface area contributed by atoms with Crippen LogP contribution in [0, 0.1) is 5.82 Å². The van der Waals surface area contributed by atoms with Gasteiger partial charge in [-0.2, -0.15) is 0 Å². The van der Waals surface area contributed by atoms with E-state index in [0.717, 1.165) is 5.57 Å². The van der Waals surface area contributed by atoms with Crippen LogP contribution in [-0.2, 0) is 0 Å². The molecule has 13 heavy (non-hydrogen) atoms. The first-order chi connectivity index (χ1) is 6.11. The number of para-hydroxylation sites is 1. The molecule has 1 aromatic carbocycles. The molecule has 0 heterocycles. The molecule has 70 valence electrons. The predicted molar refractivity (Wildman–Crippen MR) is 48.4 cm³/mol. The number of phenolic OH excluding ortho intramolecular Hbond substituents is 1. The van der Waals surface area contributed by atoms with Gasteiger partial charge in [-0.25, -0.2) is 4.39 Å². The molecule has 0 aliphatic heterocycles. The van der Waals surface area contributed by atoms with Gasteiger partial charge >= 0.3 is 0 Å². The summed E-state index contributed by atoms with van der Waals surface area (Å²) in [6.45, 7) is 5.68. The number of ether oxygens (including phenoxy) is 1. The molecule has 3 heteroatoms. The third kappa shape index (κ3) is 2.47. The summed E-state index contributed by atoms with van der Waals surface area (Å²) < 4.78 is 17.8. The highest BCUT2D eigenvalue weighted by Gasteiger charge is 2.06. The van der Waals surface area contributed by atoms with Crippen LogP contribution in [0.15, 0.2) is 30.4 Å². The first-order valence-electron chi connectivity index (χ1n) is 3.86. The molecular weight excluding hydrogens is 171 g/mol. The van der Waals surface area contributed by atoms with Gasteiger partial charge in [0.05, 0.1) is 0 Å². The number of hydrogen-bond acceptors (Lipinski definition) is 2. The summed E-state index contributed by atoms with van der Waals surface area (Å²) in [4.78, 5) is 0. The smallest absolute Gasteiger partial charge is 0.194 e. The van der Waals surface area contributed by atoms with Crippen molar-refractivity contribution >= 4 is 0 Å². The van der Waals surface area contributed by atoms with E-state index in [9.17, 15) is 9.50 Å². The fraction of sp³-hybridized carbons (Fsp3) is 0.200. The molecule has 0 amide bonds. The molecule has 2 nitrogen and oxygen atoms in total. The Bertz CT molecular complexity index is 321. The van der Waals surface area contributed by atoms with Gasteiger partial charge in [-0.05, 0) is 24.6 Å². The van der Waals surface area contributed by atoms with Crippen LogP contribution in [0.4, 0.5) is 4.39 Å². The molecule has 0 saturated heterocycles. The molecule has 0 aliphatic carbocycles. The predicted octanol–water partition coefficient (Wildman–Crippen LogP) is 2.49. The fourth-order valence-electron chi connectivity index (χ4n) is 0.813. The molecule has 0 saturated carbocycles. The third-order valence-electron chi connectivity index (χ3n) is 1.42. The quantitative estimate of drug-likeness (QED) is 0.727. The van der Waals surface area contributed by atoms with Crippen LogP contribution in [0.3, 0.4) is 0 Å². The van der Waals surface area contributed by atoms with Gasteiger partial charge in [0.25, 0.3) is 0 Å². The SMILES string of the molecule is C=C(C)COc1cccc(F)c1O. The average molecular weight is 182 g/mol.